The van der Waals surface area contributed by atoms with E-state index in [1.54, 1.807) is 12.1 Å². The molecular formula is C20H18N2O2. The van der Waals surface area contributed by atoms with Crippen molar-refractivity contribution in [3.05, 3.63) is 78.4 Å². The van der Waals surface area contributed by atoms with Crippen molar-refractivity contribution < 1.29 is 9.47 Å². The molecule has 0 bridgehead atoms. The summed E-state index contributed by atoms with van der Waals surface area (Å²) in [4.78, 5) is 0. The summed E-state index contributed by atoms with van der Waals surface area (Å²) in [7, 11) is 1.66. The Morgan fingerprint density at radius 3 is 2.25 bits per heavy atom. The van der Waals surface area contributed by atoms with Gasteiger partial charge in [-0.15, -0.1) is 0 Å². The fraction of sp³-hybridized carbons (Fsp3) is 0.100. The highest BCUT2D eigenvalue weighted by atomic mass is 16.5. The fourth-order valence-corrected chi connectivity index (χ4v) is 3.08. The second kappa shape index (κ2) is 5.91. The number of ether oxygens (including phenoxy) is 2. The number of hydrazine groups is 1. The van der Waals surface area contributed by atoms with Crippen LogP contribution in [0, 0.1) is 0 Å². The Morgan fingerprint density at radius 2 is 1.58 bits per heavy atom. The molecule has 1 aliphatic heterocycles. The zero-order valence-electron chi connectivity index (χ0n) is 13.3. The fourth-order valence-electron chi connectivity index (χ4n) is 3.08. The molecule has 3 aromatic rings. The Bertz CT molecular complexity index is 850. The van der Waals surface area contributed by atoms with E-state index in [1.165, 1.54) is 0 Å². The maximum absolute atomic E-state index is 6.37. The van der Waals surface area contributed by atoms with Gasteiger partial charge in [0.2, 0.25) is 6.23 Å². The zero-order valence-corrected chi connectivity index (χ0v) is 13.3. The number of benzene rings is 3. The normalized spacial score (nSPS) is 15.8. The molecule has 4 rings (SSSR count). The second-order valence-electron chi connectivity index (χ2n) is 5.65. The van der Waals surface area contributed by atoms with Crippen LogP contribution >= 0.6 is 0 Å². The minimum absolute atomic E-state index is 0.360. The van der Waals surface area contributed by atoms with Crippen LogP contribution in [-0.4, -0.2) is 7.11 Å². The van der Waals surface area contributed by atoms with Crippen molar-refractivity contribution in [1.82, 2.24) is 0 Å². The first-order chi connectivity index (χ1) is 11.8. The molecule has 0 amide bonds. The smallest absolute Gasteiger partial charge is 0.212 e. The van der Waals surface area contributed by atoms with E-state index >= 15 is 0 Å². The molecule has 24 heavy (non-hydrogen) atoms. The molecule has 0 aliphatic carbocycles. The van der Waals surface area contributed by atoms with Crippen molar-refractivity contribution in [3.8, 4) is 22.6 Å². The topological polar surface area (TPSA) is 47.7 Å². The summed E-state index contributed by atoms with van der Waals surface area (Å²) in [6, 6.07) is 24.0. The minimum atomic E-state index is -0.360. The molecule has 3 aromatic carbocycles. The maximum Gasteiger partial charge on any atom is 0.212 e. The minimum Gasteiger partial charge on any atom is -0.494 e. The molecular weight excluding hydrogens is 300 g/mol. The molecule has 4 nitrogen and oxygen atoms in total. The van der Waals surface area contributed by atoms with Crippen LogP contribution < -0.4 is 20.3 Å². The number of hydrogen-bond donors (Lipinski definition) is 1. The lowest BCUT2D eigenvalue weighted by Crippen LogP contribution is -2.33. The third-order valence-corrected chi connectivity index (χ3v) is 4.22. The van der Waals surface area contributed by atoms with E-state index in [9.17, 15) is 0 Å². The van der Waals surface area contributed by atoms with E-state index in [2.05, 4.69) is 12.1 Å². The molecule has 0 aromatic heterocycles. The van der Waals surface area contributed by atoms with Gasteiger partial charge in [0.15, 0.2) is 11.5 Å². The Hall–Kier alpha value is -2.98. The molecule has 1 aliphatic rings. The molecule has 4 heteroatoms. The summed E-state index contributed by atoms with van der Waals surface area (Å²) in [5, 5.41) is 1.63. The highest BCUT2D eigenvalue weighted by molar-refractivity contribution is 5.83. The molecule has 1 atom stereocenters. The summed E-state index contributed by atoms with van der Waals surface area (Å²) in [5.41, 5.74) is 3.84. The van der Waals surface area contributed by atoms with Crippen LogP contribution in [0.4, 0.5) is 5.69 Å². The Morgan fingerprint density at radius 1 is 0.917 bits per heavy atom. The van der Waals surface area contributed by atoms with Gasteiger partial charge in [0.05, 0.1) is 7.11 Å². The summed E-state index contributed by atoms with van der Waals surface area (Å²) >= 11 is 0. The average Bonchev–Trinajstić information content (AvgIpc) is 2.99. The van der Waals surface area contributed by atoms with E-state index < -0.39 is 0 Å². The summed E-state index contributed by atoms with van der Waals surface area (Å²) < 4.78 is 11.8. The van der Waals surface area contributed by atoms with Crippen LogP contribution in [0.25, 0.3) is 11.1 Å². The molecule has 0 saturated heterocycles. The number of nitrogens with zero attached hydrogens (tertiary/aromatic N) is 1. The van der Waals surface area contributed by atoms with E-state index in [0.717, 1.165) is 33.9 Å². The van der Waals surface area contributed by atoms with Crippen LogP contribution in [0.5, 0.6) is 11.5 Å². The second-order valence-corrected chi connectivity index (χ2v) is 5.65. The van der Waals surface area contributed by atoms with Gasteiger partial charge in [-0.25, -0.2) is 5.84 Å². The van der Waals surface area contributed by atoms with E-state index in [-0.39, 0.29) is 6.23 Å². The number of hydrogen-bond acceptors (Lipinski definition) is 4. The average molecular weight is 318 g/mol. The van der Waals surface area contributed by atoms with Crippen molar-refractivity contribution >= 4 is 5.69 Å². The van der Waals surface area contributed by atoms with Gasteiger partial charge in [-0.3, -0.25) is 5.01 Å². The number of anilines is 1. The predicted molar refractivity (Wildman–Crippen MR) is 94.9 cm³/mol. The monoisotopic (exact) mass is 318 g/mol. The first-order valence-electron chi connectivity index (χ1n) is 7.81. The number of methoxy groups -OCH3 is 1. The standard InChI is InChI=1S/C20H18N2O2/c1-23-19-16(14-8-4-2-5-9-14)12-13-17-18(19)22(21)20(24-17)15-10-6-3-7-11-15/h2-13,20H,21H2,1H3/t20-/m0/s1. The molecule has 2 N–H and O–H groups in total. The highest BCUT2D eigenvalue weighted by Crippen LogP contribution is 2.50. The molecule has 0 saturated carbocycles. The van der Waals surface area contributed by atoms with Gasteiger partial charge >= 0.3 is 0 Å². The Kier molecular flexibility index (Phi) is 3.59. The quantitative estimate of drug-likeness (QED) is 0.738. The Labute approximate surface area is 141 Å². The van der Waals surface area contributed by atoms with E-state index in [1.807, 2.05) is 60.7 Å². The molecule has 120 valence electrons. The van der Waals surface area contributed by atoms with Crippen LogP contribution in [-0.2, 0) is 0 Å². The van der Waals surface area contributed by atoms with Gasteiger partial charge in [-0.1, -0.05) is 60.7 Å². The van der Waals surface area contributed by atoms with Gasteiger partial charge < -0.3 is 9.47 Å². The largest absolute Gasteiger partial charge is 0.494 e. The Balaban J connectivity index is 1.81. The number of nitrogens with two attached hydrogens (primary N) is 1. The van der Waals surface area contributed by atoms with Crippen molar-refractivity contribution in [3.63, 3.8) is 0 Å². The van der Waals surface area contributed by atoms with Gasteiger partial charge in [-0.05, 0) is 17.7 Å². The highest BCUT2D eigenvalue weighted by Gasteiger charge is 2.34. The molecule has 1 heterocycles. The zero-order chi connectivity index (χ0) is 16.5. The molecule has 0 radical (unpaired) electrons. The van der Waals surface area contributed by atoms with Gasteiger partial charge in [0.25, 0.3) is 0 Å². The van der Waals surface area contributed by atoms with Crippen molar-refractivity contribution in [2.75, 3.05) is 12.1 Å². The summed E-state index contributed by atoms with van der Waals surface area (Å²) in [5.74, 6) is 7.82. The lowest BCUT2D eigenvalue weighted by atomic mass is 10.0. The number of rotatable bonds is 3. The van der Waals surface area contributed by atoms with Crippen molar-refractivity contribution in [2.45, 2.75) is 6.23 Å². The van der Waals surface area contributed by atoms with E-state index in [4.69, 9.17) is 15.3 Å². The first kappa shape index (κ1) is 14.6. The molecule has 0 unspecified atom stereocenters. The lowest BCUT2D eigenvalue weighted by molar-refractivity contribution is 0.229. The lowest BCUT2D eigenvalue weighted by Gasteiger charge is -2.21. The predicted octanol–water partition coefficient (Wildman–Crippen LogP) is 4.13. The van der Waals surface area contributed by atoms with Gasteiger partial charge in [0.1, 0.15) is 5.69 Å². The first-order valence-corrected chi connectivity index (χ1v) is 7.81. The van der Waals surface area contributed by atoms with E-state index in [0.29, 0.717) is 0 Å². The van der Waals surface area contributed by atoms with Crippen molar-refractivity contribution in [1.29, 1.82) is 0 Å². The SMILES string of the molecule is COc1c(-c2ccccc2)ccc2c1N(N)[C@H](c1ccccc1)O2. The van der Waals surface area contributed by atoms with Gasteiger partial charge in [-0.2, -0.15) is 0 Å². The summed E-state index contributed by atoms with van der Waals surface area (Å²) in [6.07, 6.45) is -0.360. The maximum atomic E-state index is 6.37. The third-order valence-electron chi connectivity index (χ3n) is 4.22. The third kappa shape index (κ3) is 2.28. The molecule has 0 fully saturated rings. The molecule has 0 spiro atoms. The summed E-state index contributed by atoms with van der Waals surface area (Å²) in [6.45, 7) is 0. The number of fused-ring (bicyclic) bond motifs is 1. The van der Waals surface area contributed by atoms with Crippen LogP contribution in [0.3, 0.4) is 0 Å². The van der Waals surface area contributed by atoms with Gasteiger partial charge in [0, 0.05) is 11.1 Å². The van der Waals surface area contributed by atoms with Crippen LogP contribution in [0.1, 0.15) is 11.8 Å². The van der Waals surface area contributed by atoms with Crippen LogP contribution in [0.15, 0.2) is 72.8 Å². The van der Waals surface area contributed by atoms with Crippen LogP contribution in [0.2, 0.25) is 0 Å². The van der Waals surface area contributed by atoms with Crippen molar-refractivity contribution in [2.24, 2.45) is 5.84 Å².